The van der Waals surface area contributed by atoms with Crippen LogP contribution in [0.4, 0.5) is 11.4 Å². The normalized spacial score (nSPS) is 18.6. The van der Waals surface area contributed by atoms with Crippen molar-refractivity contribution in [1.29, 1.82) is 0 Å². The third-order valence-electron chi connectivity index (χ3n) is 4.94. The lowest BCUT2D eigenvalue weighted by molar-refractivity contribution is -0.142. The molecule has 2 aliphatic rings. The molecule has 1 fully saturated rings. The summed E-state index contributed by atoms with van der Waals surface area (Å²) in [6, 6.07) is 14.5. The van der Waals surface area contributed by atoms with Crippen molar-refractivity contribution < 1.29 is 19.1 Å². The number of carbonyl (C=O) groups is 2. The summed E-state index contributed by atoms with van der Waals surface area (Å²) in [6.07, 6.45) is -0.670. The fraction of sp³-hybridized carbons (Fsp3) is 0.333. The van der Waals surface area contributed by atoms with Gasteiger partial charge in [-0.3, -0.25) is 9.59 Å². The number of hydrogen-bond donors (Lipinski definition) is 1. The van der Waals surface area contributed by atoms with Gasteiger partial charge < -0.3 is 24.6 Å². The summed E-state index contributed by atoms with van der Waals surface area (Å²) in [5.74, 6) is 0.294. The van der Waals surface area contributed by atoms with Gasteiger partial charge >= 0.3 is 0 Å². The lowest BCUT2D eigenvalue weighted by Gasteiger charge is -2.38. The summed E-state index contributed by atoms with van der Waals surface area (Å²) in [5.41, 5.74) is 1.34. The minimum atomic E-state index is -0.670. The van der Waals surface area contributed by atoms with Crippen LogP contribution in [0, 0.1) is 0 Å². The van der Waals surface area contributed by atoms with Crippen molar-refractivity contribution in [2.75, 3.05) is 49.6 Å². The van der Waals surface area contributed by atoms with Crippen molar-refractivity contribution >= 4 is 34.8 Å². The molecule has 0 spiro atoms. The first-order valence-corrected chi connectivity index (χ1v) is 9.91. The zero-order chi connectivity index (χ0) is 20.2. The number of benzene rings is 2. The molecule has 2 amide bonds. The Balaban J connectivity index is 1.49. The van der Waals surface area contributed by atoms with E-state index in [0.29, 0.717) is 49.3 Å². The number of anilines is 2. The van der Waals surface area contributed by atoms with Crippen LogP contribution < -0.4 is 15.0 Å². The molecule has 0 radical (unpaired) electrons. The van der Waals surface area contributed by atoms with E-state index in [1.807, 2.05) is 35.2 Å². The van der Waals surface area contributed by atoms with Gasteiger partial charge in [0.2, 0.25) is 5.91 Å². The average molecular weight is 416 g/mol. The summed E-state index contributed by atoms with van der Waals surface area (Å²) in [5, 5.41) is 3.31. The summed E-state index contributed by atoms with van der Waals surface area (Å²) < 4.78 is 11.3. The van der Waals surface area contributed by atoms with Gasteiger partial charge in [0.05, 0.1) is 42.7 Å². The highest BCUT2D eigenvalue weighted by molar-refractivity contribution is 6.33. The largest absolute Gasteiger partial charge is 0.477 e. The number of ether oxygens (including phenoxy) is 2. The van der Waals surface area contributed by atoms with Crippen LogP contribution in [0.15, 0.2) is 48.5 Å². The van der Waals surface area contributed by atoms with Crippen LogP contribution in [0.2, 0.25) is 5.02 Å². The molecule has 2 aliphatic heterocycles. The van der Waals surface area contributed by atoms with E-state index in [4.69, 9.17) is 21.1 Å². The van der Waals surface area contributed by atoms with Crippen molar-refractivity contribution in [3.05, 3.63) is 53.6 Å². The van der Waals surface area contributed by atoms with E-state index in [0.717, 1.165) is 5.69 Å². The Morgan fingerprint density at radius 1 is 1.07 bits per heavy atom. The van der Waals surface area contributed by atoms with E-state index in [2.05, 4.69) is 5.32 Å². The number of amides is 2. The molecule has 2 aromatic carbocycles. The Bertz CT molecular complexity index is 901. The number of hydrogen-bond acceptors (Lipinski definition) is 5. The van der Waals surface area contributed by atoms with E-state index >= 15 is 0 Å². The lowest BCUT2D eigenvalue weighted by atomic mass is 10.1. The van der Waals surface area contributed by atoms with Crippen LogP contribution in [-0.4, -0.2) is 62.2 Å². The SMILES string of the molecule is O=C(CN1C[C@@H](C(=O)N2CCOCC2)Oc2ccccc21)Nc1ccccc1Cl. The maximum absolute atomic E-state index is 12.9. The van der Waals surface area contributed by atoms with Crippen molar-refractivity contribution in [1.82, 2.24) is 4.90 Å². The van der Waals surface area contributed by atoms with E-state index in [9.17, 15) is 9.59 Å². The van der Waals surface area contributed by atoms with Crippen LogP contribution >= 0.6 is 11.6 Å². The van der Waals surface area contributed by atoms with Gasteiger partial charge in [-0.15, -0.1) is 0 Å². The number of halogens is 1. The van der Waals surface area contributed by atoms with Gasteiger partial charge in [-0.25, -0.2) is 0 Å². The van der Waals surface area contributed by atoms with E-state index in [1.165, 1.54) is 0 Å². The van der Waals surface area contributed by atoms with Gasteiger partial charge in [-0.1, -0.05) is 35.9 Å². The predicted molar refractivity (Wildman–Crippen MR) is 111 cm³/mol. The topological polar surface area (TPSA) is 71.1 Å². The maximum atomic E-state index is 12.9. The monoisotopic (exact) mass is 415 g/mol. The molecular formula is C21H22ClN3O4. The molecule has 0 bridgehead atoms. The van der Waals surface area contributed by atoms with Gasteiger partial charge in [0.1, 0.15) is 5.75 Å². The molecule has 0 aromatic heterocycles. The minimum absolute atomic E-state index is 0.0818. The Kier molecular flexibility index (Phi) is 5.87. The molecule has 0 unspecified atom stereocenters. The molecule has 1 atom stereocenters. The molecule has 0 aliphatic carbocycles. The van der Waals surface area contributed by atoms with Crippen molar-refractivity contribution in [3.63, 3.8) is 0 Å². The lowest BCUT2D eigenvalue weighted by Crippen LogP contribution is -2.53. The summed E-state index contributed by atoms with van der Waals surface area (Å²) in [6.45, 7) is 2.53. The first-order chi connectivity index (χ1) is 14.1. The van der Waals surface area contributed by atoms with Crippen LogP contribution in [0.5, 0.6) is 5.75 Å². The quantitative estimate of drug-likeness (QED) is 0.830. The number of rotatable bonds is 4. The molecule has 2 aromatic rings. The Morgan fingerprint density at radius 2 is 1.79 bits per heavy atom. The van der Waals surface area contributed by atoms with Gasteiger partial charge in [0.15, 0.2) is 6.10 Å². The number of morpholine rings is 1. The van der Waals surface area contributed by atoms with E-state index in [1.54, 1.807) is 23.1 Å². The van der Waals surface area contributed by atoms with E-state index in [-0.39, 0.29) is 18.4 Å². The smallest absolute Gasteiger partial charge is 0.265 e. The summed E-state index contributed by atoms with van der Waals surface area (Å²) in [7, 11) is 0. The third-order valence-corrected chi connectivity index (χ3v) is 5.27. The highest BCUT2D eigenvalue weighted by Gasteiger charge is 2.34. The van der Waals surface area contributed by atoms with Gasteiger partial charge in [-0.05, 0) is 24.3 Å². The number of carbonyl (C=O) groups excluding carboxylic acids is 2. The van der Waals surface area contributed by atoms with Crippen LogP contribution in [-0.2, 0) is 14.3 Å². The molecule has 152 valence electrons. The minimum Gasteiger partial charge on any atom is -0.477 e. The standard InChI is InChI=1S/C21H22ClN3O4/c22-15-5-1-2-6-16(15)23-20(26)14-25-13-19(21(27)24-9-11-28-12-10-24)29-18-8-4-3-7-17(18)25/h1-8,19H,9-14H2,(H,23,26)/t19-/m0/s1. The number of nitrogens with zero attached hydrogens (tertiary/aromatic N) is 2. The number of nitrogens with one attached hydrogen (secondary N) is 1. The number of fused-ring (bicyclic) bond motifs is 1. The van der Waals surface area contributed by atoms with Crippen LogP contribution in [0.25, 0.3) is 0 Å². The zero-order valence-corrected chi connectivity index (χ0v) is 16.6. The Labute approximate surface area is 174 Å². The fourth-order valence-corrected chi connectivity index (χ4v) is 3.68. The first kappa shape index (κ1) is 19.5. The molecule has 7 nitrogen and oxygen atoms in total. The summed E-state index contributed by atoms with van der Waals surface area (Å²) >= 11 is 6.13. The molecular weight excluding hydrogens is 394 g/mol. The van der Waals surface area contributed by atoms with Crippen molar-refractivity contribution in [2.24, 2.45) is 0 Å². The van der Waals surface area contributed by atoms with Crippen molar-refractivity contribution in [2.45, 2.75) is 6.10 Å². The number of para-hydroxylation sites is 3. The van der Waals surface area contributed by atoms with E-state index < -0.39 is 6.10 Å². The highest BCUT2D eigenvalue weighted by atomic mass is 35.5. The van der Waals surface area contributed by atoms with Crippen molar-refractivity contribution in [3.8, 4) is 5.75 Å². The Morgan fingerprint density at radius 3 is 2.59 bits per heavy atom. The van der Waals surface area contributed by atoms with Crippen LogP contribution in [0.3, 0.4) is 0 Å². The second-order valence-electron chi connectivity index (χ2n) is 6.92. The third kappa shape index (κ3) is 4.46. The second kappa shape index (κ2) is 8.71. The average Bonchev–Trinajstić information content (AvgIpc) is 2.75. The Hall–Kier alpha value is -2.77. The predicted octanol–water partition coefficient (Wildman–Crippen LogP) is 2.40. The van der Waals surface area contributed by atoms with Gasteiger partial charge in [0.25, 0.3) is 5.91 Å². The highest BCUT2D eigenvalue weighted by Crippen LogP contribution is 2.33. The molecule has 0 saturated carbocycles. The van der Waals surface area contributed by atoms with Crippen LogP contribution in [0.1, 0.15) is 0 Å². The molecule has 8 heteroatoms. The van der Waals surface area contributed by atoms with Gasteiger partial charge in [0, 0.05) is 13.1 Å². The maximum Gasteiger partial charge on any atom is 0.265 e. The first-order valence-electron chi connectivity index (χ1n) is 9.53. The molecule has 29 heavy (non-hydrogen) atoms. The molecule has 1 N–H and O–H groups in total. The van der Waals surface area contributed by atoms with Gasteiger partial charge in [-0.2, -0.15) is 0 Å². The molecule has 4 rings (SSSR count). The molecule has 2 heterocycles. The summed E-state index contributed by atoms with van der Waals surface area (Å²) in [4.78, 5) is 29.2. The zero-order valence-electron chi connectivity index (χ0n) is 15.8. The second-order valence-corrected chi connectivity index (χ2v) is 7.33. The molecule has 1 saturated heterocycles. The fourth-order valence-electron chi connectivity index (χ4n) is 3.50.